The van der Waals surface area contributed by atoms with E-state index in [-0.39, 0.29) is 6.04 Å². The van der Waals surface area contributed by atoms with Crippen molar-refractivity contribution in [1.29, 1.82) is 0 Å². The number of Topliss-reactive ketones (excluding diaryl/α,β-unsaturated/α-hetero) is 1. The number of ketones is 1. The Balaban J connectivity index is 2.21. The Morgan fingerprint density at radius 2 is 2.12 bits per heavy atom. The second kappa shape index (κ2) is 5.17. The van der Waals surface area contributed by atoms with Crippen molar-refractivity contribution in [1.82, 2.24) is 4.90 Å². The van der Waals surface area contributed by atoms with Gasteiger partial charge in [-0.05, 0) is 29.8 Å². The lowest BCUT2D eigenvalue weighted by Crippen LogP contribution is -2.25. The zero-order valence-corrected chi connectivity index (χ0v) is 10.5. The molecule has 90 valence electrons. The van der Waals surface area contributed by atoms with E-state index in [1.54, 1.807) is 0 Å². The fourth-order valence-electron chi connectivity index (χ4n) is 2.34. The Bertz CT molecular complexity index is 436. The third-order valence-electron chi connectivity index (χ3n) is 3.29. The van der Waals surface area contributed by atoms with Gasteiger partial charge in [-0.15, -0.1) is 0 Å². The second-order valence-electron chi connectivity index (χ2n) is 4.62. The molecule has 1 aromatic carbocycles. The number of fused-ring (bicyclic) bond motifs is 1. The summed E-state index contributed by atoms with van der Waals surface area (Å²) in [7, 11) is 2.04. The number of hydrogen-bond acceptors (Lipinski definition) is 2. The van der Waals surface area contributed by atoms with Crippen molar-refractivity contribution in [2.45, 2.75) is 32.2 Å². The smallest absolute Gasteiger partial charge is 0.135 e. The molecule has 2 heteroatoms. The fraction of sp³-hybridized carbons (Fsp3) is 0.400. The van der Waals surface area contributed by atoms with Crippen LogP contribution in [0.4, 0.5) is 0 Å². The summed E-state index contributed by atoms with van der Waals surface area (Å²) in [5.74, 6) is 0.356. The maximum atomic E-state index is 11.8. The van der Waals surface area contributed by atoms with Crippen LogP contribution in [0.1, 0.15) is 43.4 Å². The van der Waals surface area contributed by atoms with E-state index in [1.807, 2.05) is 19.2 Å². The maximum Gasteiger partial charge on any atom is 0.135 e. The molecule has 0 bridgehead atoms. The van der Waals surface area contributed by atoms with Crippen molar-refractivity contribution >= 4 is 11.9 Å². The largest absolute Gasteiger partial charge is 0.373 e. The molecule has 0 radical (unpaired) electrons. The molecule has 1 aliphatic heterocycles. The quantitative estimate of drug-likeness (QED) is 0.788. The molecule has 0 saturated heterocycles. The van der Waals surface area contributed by atoms with E-state index in [2.05, 4.69) is 36.2 Å². The molecule has 2 nitrogen and oxygen atoms in total. The number of carbonyl (C=O) groups is 1. The van der Waals surface area contributed by atoms with Crippen LogP contribution in [0.15, 0.2) is 30.5 Å². The van der Waals surface area contributed by atoms with Crippen LogP contribution in [0.3, 0.4) is 0 Å². The molecule has 1 atom stereocenters. The minimum Gasteiger partial charge on any atom is -0.373 e. The van der Waals surface area contributed by atoms with Gasteiger partial charge in [-0.3, -0.25) is 4.79 Å². The molecule has 0 spiro atoms. The van der Waals surface area contributed by atoms with Gasteiger partial charge in [0.25, 0.3) is 0 Å². The van der Waals surface area contributed by atoms with Gasteiger partial charge in [0.15, 0.2) is 0 Å². The van der Waals surface area contributed by atoms with Crippen molar-refractivity contribution in [3.05, 3.63) is 41.6 Å². The minimum absolute atomic E-state index is 0.204. The van der Waals surface area contributed by atoms with Gasteiger partial charge in [0.2, 0.25) is 0 Å². The van der Waals surface area contributed by atoms with Crippen LogP contribution in [0, 0.1) is 0 Å². The molecule has 1 unspecified atom stereocenters. The molecule has 1 aromatic rings. The highest BCUT2D eigenvalue weighted by molar-refractivity contribution is 5.79. The van der Waals surface area contributed by atoms with Gasteiger partial charge in [0.05, 0.1) is 6.04 Å². The third kappa shape index (κ3) is 2.57. The molecule has 0 fully saturated rings. The van der Waals surface area contributed by atoms with Gasteiger partial charge < -0.3 is 4.90 Å². The van der Waals surface area contributed by atoms with Crippen molar-refractivity contribution in [2.75, 3.05) is 7.05 Å². The number of nitrogens with zero attached hydrogens (tertiary/aromatic N) is 1. The molecule has 1 heterocycles. The zero-order chi connectivity index (χ0) is 12.3. The third-order valence-corrected chi connectivity index (χ3v) is 3.29. The Hall–Kier alpha value is -1.57. The first-order chi connectivity index (χ1) is 8.22. The fourth-order valence-corrected chi connectivity index (χ4v) is 2.34. The van der Waals surface area contributed by atoms with Gasteiger partial charge in [-0.25, -0.2) is 0 Å². The summed E-state index contributed by atoms with van der Waals surface area (Å²) in [6, 6.07) is 8.52. The molecule has 0 saturated carbocycles. The minimum atomic E-state index is 0.204. The van der Waals surface area contributed by atoms with Crippen LogP contribution < -0.4 is 0 Å². The van der Waals surface area contributed by atoms with Crippen molar-refractivity contribution in [3.63, 3.8) is 0 Å². The first-order valence-electron chi connectivity index (χ1n) is 6.23. The van der Waals surface area contributed by atoms with Crippen LogP contribution in [-0.4, -0.2) is 17.7 Å². The van der Waals surface area contributed by atoms with Crippen LogP contribution in [0.2, 0.25) is 0 Å². The predicted octanol–water partition coefficient (Wildman–Crippen LogP) is 3.40. The van der Waals surface area contributed by atoms with E-state index in [9.17, 15) is 4.79 Å². The normalized spacial score (nSPS) is 18.0. The molecule has 2 rings (SSSR count). The van der Waals surface area contributed by atoms with Gasteiger partial charge in [0.1, 0.15) is 5.78 Å². The van der Waals surface area contributed by atoms with E-state index in [4.69, 9.17) is 0 Å². The highest BCUT2D eigenvalue weighted by Crippen LogP contribution is 2.31. The van der Waals surface area contributed by atoms with E-state index in [1.165, 1.54) is 11.1 Å². The van der Waals surface area contributed by atoms with Crippen molar-refractivity contribution < 1.29 is 4.79 Å². The standard InChI is InChI=1S/C15H19NO/c1-3-6-13(17)11-15-14-8-5-4-7-12(14)9-10-16(15)2/h4-5,7-10,15H,3,6,11H2,1-2H3. The first kappa shape index (κ1) is 11.9. The Morgan fingerprint density at radius 1 is 1.35 bits per heavy atom. The topological polar surface area (TPSA) is 20.3 Å². The van der Waals surface area contributed by atoms with Crippen molar-refractivity contribution in [3.8, 4) is 0 Å². The summed E-state index contributed by atoms with van der Waals surface area (Å²) in [4.78, 5) is 14.0. The summed E-state index contributed by atoms with van der Waals surface area (Å²) in [6.07, 6.45) is 6.41. The molecule has 0 aliphatic carbocycles. The van der Waals surface area contributed by atoms with Gasteiger partial charge in [-0.2, -0.15) is 0 Å². The lowest BCUT2D eigenvalue weighted by molar-refractivity contribution is -0.120. The van der Waals surface area contributed by atoms with E-state index < -0.39 is 0 Å². The molecular formula is C15H19NO. The summed E-state index contributed by atoms with van der Waals surface area (Å²) in [5.41, 5.74) is 2.50. The predicted molar refractivity (Wildman–Crippen MR) is 70.5 cm³/mol. The van der Waals surface area contributed by atoms with Crippen LogP contribution in [0.25, 0.3) is 6.08 Å². The molecule has 0 aromatic heterocycles. The average molecular weight is 229 g/mol. The second-order valence-corrected chi connectivity index (χ2v) is 4.62. The highest BCUT2D eigenvalue weighted by atomic mass is 16.1. The Kier molecular flexibility index (Phi) is 3.62. The Morgan fingerprint density at radius 3 is 2.88 bits per heavy atom. The number of carbonyl (C=O) groups excluding carboxylic acids is 1. The molecule has 0 amide bonds. The van der Waals surface area contributed by atoms with E-state index in [0.29, 0.717) is 18.6 Å². The summed E-state index contributed by atoms with van der Waals surface area (Å²) < 4.78 is 0. The van der Waals surface area contributed by atoms with E-state index in [0.717, 1.165) is 6.42 Å². The lowest BCUT2D eigenvalue weighted by atomic mass is 9.92. The van der Waals surface area contributed by atoms with Crippen LogP contribution in [-0.2, 0) is 4.79 Å². The van der Waals surface area contributed by atoms with Crippen LogP contribution in [0.5, 0.6) is 0 Å². The summed E-state index contributed by atoms with van der Waals surface area (Å²) in [5, 5.41) is 0. The Labute approximate surface area is 103 Å². The first-order valence-corrected chi connectivity index (χ1v) is 6.23. The van der Waals surface area contributed by atoms with E-state index >= 15 is 0 Å². The highest BCUT2D eigenvalue weighted by Gasteiger charge is 2.22. The molecule has 17 heavy (non-hydrogen) atoms. The monoisotopic (exact) mass is 229 g/mol. The number of benzene rings is 1. The summed E-state index contributed by atoms with van der Waals surface area (Å²) in [6.45, 7) is 2.05. The maximum absolute atomic E-state index is 11.8. The SMILES string of the molecule is CCCC(=O)CC1c2ccccc2C=CN1C. The zero-order valence-electron chi connectivity index (χ0n) is 10.5. The van der Waals surface area contributed by atoms with Gasteiger partial charge in [0, 0.05) is 19.9 Å². The van der Waals surface area contributed by atoms with Crippen LogP contribution >= 0.6 is 0 Å². The number of rotatable bonds is 4. The van der Waals surface area contributed by atoms with Gasteiger partial charge in [-0.1, -0.05) is 31.2 Å². The molecule has 1 aliphatic rings. The average Bonchev–Trinajstić information content (AvgIpc) is 2.33. The molecule has 0 N–H and O–H groups in total. The van der Waals surface area contributed by atoms with Crippen molar-refractivity contribution in [2.24, 2.45) is 0 Å². The number of hydrogen-bond donors (Lipinski definition) is 0. The molecular weight excluding hydrogens is 210 g/mol. The van der Waals surface area contributed by atoms with Gasteiger partial charge >= 0.3 is 0 Å². The lowest BCUT2D eigenvalue weighted by Gasteiger charge is -2.31. The summed E-state index contributed by atoms with van der Waals surface area (Å²) >= 11 is 0.